The molecule has 1 unspecified atom stereocenters. The molecule has 1 N–H and O–H groups in total. The van der Waals surface area contributed by atoms with Crippen molar-refractivity contribution in [2.24, 2.45) is 5.92 Å². The first kappa shape index (κ1) is 23.7. The molecule has 0 saturated carbocycles. The van der Waals surface area contributed by atoms with E-state index in [1.165, 1.54) is 61.5 Å². The number of aromatic nitrogens is 1. The van der Waals surface area contributed by atoms with Gasteiger partial charge in [-0.15, -0.1) is 11.3 Å². The Morgan fingerprint density at radius 3 is 2.48 bits per heavy atom. The van der Waals surface area contributed by atoms with Crippen LogP contribution in [0.3, 0.4) is 0 Å². The Balaban J connectivity index is 0.00000145. The molecule has 0 amide bonds. The van der Waals surface area contributed by atoms with Crippen molar-refractivity contribution in [3.05, 3.63) is 45.1 Å². The lowest BCUT2D eigenvalue weighted by atomic mass is 9.93. The molecule has 0 bridgehead atoms. The van der Waals surface area contributed by atoms with E-state index < -0.39 is 0 Å². The number of benzene rings is 1. The van der Waals surface area contributed by atoms with Crippen molar-refractivity contribution in [3.8, 4) is 0 Å². The Morgan fingerprint density at radius 2 is 1.76 bits per heavy atom. The number of aryl methyl sites for hydroxylation is 2. The van der Waals surface area contributed by atoms with E-state index in [-0.39, 0.29) is 5.56 Å². The van der Waals surface area contributed by atoms with E-state index in [1.807, 2.05) is 19.2 Å². The van der Waals surface area contributed by atoms with Gasteiger partial charge in [0.1, 0.15) is 4.70 Å². The quantitative estimate of drug-likeness (QED) is 0.333. The highest BCUT2D eigenvalue weighted by Gasteiger charge is 2.13. The molecule has 160 valence electrons. The monoisotopic (exact) mass is 413 g/mol. The molecule has 29 heavy (non-hydrogen) atoms. The highest BCUT2D eigenvalue weighted by molar-refractivity contribution is 7.17. The topological polar surface area (TPSA) is 32.9 Å². The molecule has 3 aromatic rings. The predicted octanol–water partition coefficient (Wildman–Crippen LogP) is 8.26. The van der Waals surface area contributed by atoms with Crippen LogP contribution >= 0.6 is 11.3 Å². The number of fused-ring (bicyclic) bond motifs is 3. The zero-order valence-corrected chi connectivity index (χ0v) is 19.9. The van der Waals surface area contributed by atoms with Gasteiger partial charge in [0.25, 0.3) is 5.56 Å². The van der Waals surface area contributed by atoms with Gasteiger partial charge in [-0.25, -0.2) is 0 Å². The fourth-order valence-electron chi connectivity index (χ4n) is 4.37. The van der Waals surface area contributed by atoms with E-state index in [1.54, 1.807) is 11.3 Å². The summed E-state index contributed by atoms with van der Waals surface area (Å²) in [5.41, 5.74) is 3.92. The summed E-state index contributed by atoms with van der Waals surface area (Å²) in [4.78, 5) is 15.4. The molecular weight excluding hydrogens is 374 g/mol. The van der Waals surface area contributed by atoms with Crippen LogP contribution in [0.15, 0.2) is 28.4 Å². The van der Waals surface area contributed by atoms with Crippen LogP contribution in [0, 0.1) is 5.92 Å². The van der Waals surface area contributed by atoms with E-state index in [0.717, 1.165) is 34.4 Å². The number of rotatable bonds is 10. The van der Waals surface area contributed by atoms with E-state index in [4.69, 9.17) is 0 Å². The number of nitrogens with one attached hydrogen (secondary N) is 1. The molecule has 2 nitrogen and oxygen atoms in total. The molecule has 0 aliphatic rings. The third-order valence-corrected chi connectivity index (χ3v) is 6.75. The summed E-state index contributed by atoms with van der Waals surface area (Å²) in [6.45, 7) is 10.9. The average molecular weight is 414 g/mol. The first-order chi connectivity index (χ1) is 14.2. The Bertz CT molecular complexity index is 937. The van der Waals surface area contributed by atoms with Gasteiger partial charge in [0.05, 0.1) is 0 Å². The van der Waals surface area contributed by atoms with Gasteiger partial charge in [0.15, 0.2) is 0 Å². The first-order valence-corrected chi connectivity index (χ1v) is 12.6. The summed E-state index contributed by atoms with van der Waals surface area (Å²) < 4.78 is 0.863. The van der Waals surface area contributed by atoms with Crippen molar-refractivity contribution in [1.29, 1.82) is 0 Å². The van der Waals surface area contributed by atoms with Crippen molar-refractivity contribution in [2.75, 3.05) is 0 Å². The van der Waals surface area contributed by atoms with Crippen molar-refractivity contribution in [1.82, 2.24) is 4.98 Å². The average Bonchev–Trinajstić information content (AvgIpc) is 3.23. The molecule has 2 heterocycles. The fraction of sp³-hybridized carbons (Fsp3) is 0.577. The number of H-pyrrole nitrogens is 1. The summed E-state index contributed by atoms with van der Waals surface area (Å²) >= 11 is 1.55. The van der Waals surface area contributed by atoms with Crippen LogP contribution in [0.2, 0.25) is 0 Å². The standard InChI is InChI=1S/C24H33NOS.C2H6/c1-4-10-17(3)11-8-6-7-9-12-19-18(5-2)13-14-21-22(19)20-15-16-27-23(20)24(26)25-21;1-2/h13-17H,4-12H2,1-3H3,(H,25,26);1-2H3. The van der Waals surface area contributed by atoms with Crippen LogP contribution in [-0.2, 0) is 12.8 Å². The molecular formula is C26H39NOS. The minimum Gasteiger partial charge on any atom is -0.321 e. The van der Waals surface area contributed by atoms with Gasteiger partial charge in [-0.3, -0.25) is 4.79 Å². The smallest absolute Gasteiger partial charge is 0.266 e. The summed E-state index contributed by atoms with van der Waals surface area (Å²) in [6.07, 6.45) is 11.4. The third-order valence-electron chi connectivity index (χ3n) is 5.83. The van der Waals surface area contributed by atoms with Crippen molar-refractivity contribution < 1.29 is 0 Å². The fourth-order valence-corrected chi connectivity index (χ4v) is 5.16. The van der Waals surface area contributed by atoms with Gasteiger partial charge in [-0.1, -0.05) is 79.2 Å². The maximum Gasteiger partial charge on any atom is 0.266 e. The lowest BCUT2D eigenvalue weighted by Crippen LogP contribution is -2.06. The minimum absolute atomic E-state index is 0.0453. The van der Waals surface area contributed by atoms with Crippen molar-refractivity contribution in [2.45, 2.75) is 92.4 Å². The lowest BCUT2D eigenvalue weighted by molar-refractivity contribution is 0.453. The van der Waals surface area contributed by atoms with Crippen molar-refractivity contribution >= 4 is 32.3 Å². The Kier molecular flexibility index (Phi) is 9.93. The molecule has 0 spiro atoms. The molecule has 3 rings (SSSR count). The molecule has 2 aromatic heterocycles. The molecule has 0 aliphatic heterocycles. The summed E-state index contributed by atoms with van der Waals surface area (Å²) in [6, 6.07) is 6.42. The van der Waals surface area contributed by atoms with Crippen LogP contribution in [0.4, 0.5) is 0 Å². The number of thiophene rings is 1. The minimum atomic E-state index is 0.0453. The Morgan fingerprint density at radius 1 is 1.00 bits per heavy atom. The van der Waals surface area contributed by atoms with Crippen LogP contribution < -0.4 is 5.56 Å². The van der Waals surface area contributed by atoms with Gasteiger partial charge >= 0.3 is 0 Å². The molecule has 0 radical (unpaired) electrons. The van der Waals surface area contributed by atoms with E-state index in [9.17, 15) is 4.79 Å². The first-order valence-electron chi connectivity index (χ1n) is 11.7. The lowest BCUT2D eigenvalue weighted by Gasteiger charge is -2.13. The third kappa shape index (κ3) is 5.94. The second kappa shape index (κ2) is 12.2. The largest absolute Gasteiger partial charge is 0.321 e. The van der Waals surface area contributed by atoms with Crippen molar-refractivity contribution in [3.63, 3.8) is 0 Å². The van der Waals surface area contributed by atoms with E-state index in [0.29, 0.717) is 0 Å². The zero-order valence-electron chi connectivity index (χ0n) is 19.1. The second-order valence-electron chi connectivity index (χ2n) is 7.94. The molecule has 3 heteroatoms. The molecule has 0 saturated heterocycles. The molecule has 1 atom stereocenters. The zero-order chi connectivity index (χ0) is 21.2. The van der Waals surface area contributed by atoms with Crippen LogP contribution in [0.5, 0.6) is 0 Å². The molecule has 0 fully saturated rings. The van der Waals surface area contributed by atoms with E-state index >= 15 is 0 Å². The van der Waals surface area contributed by atoms with Gasteiger partial charge < -0.3 is 4.98 Å². The maximum atomic E-state index is 12.3. The van der Waals surface area contributed by atoms with Gasteiger partial charge in [0.2, 0.25) is 0 Å². The number of aromatic amines is 1. The Hall–Kier alpha value is -1.61. The number of pyridine rings is 1. The number of hydrogen-bond acceptors (Lipinski definition) is 2. The van der Waals surface area contributed by atoms with Crippen LogP contribution in [0.25, 0.3) is 21.0 Å². The second-order valence-corrected chi connectivity index (χ2v) is 8.86. The van der Waals surface area contributed by atoms with Gasteiger partial charge in [0, 0.05) is 16.3 Å². The highest BCUT2D eigenvalue weighted by Crippen LogP contribution is 2.31. The summed E-state index contributed by atoms with van der Waals surface area (Å²) in [5.74, 6) is 0.878. The number of unbranched alkanes of at least 4 members (excludes halogenated alkanes) is 3. The van der Waals surface area contributed by atoms with Crippen LogP contribution in [0.1, 0.15) is 90.7 Å². The highest BCUT2D eigenvalue weighted by atomic mass is 32.1. The SMILES string of the molecule is CC.CCCC(C)CCCCCCc1c(CC)ccc2[nH]c(=O)c3sccc3c12. The predicted molar refractivity (Wildman–Crippen MR) is 132 cm³/mol. The maximum absolute atomic E-state index is 12.3. The van der Waals surface area contributed by atoms with Gasteiger partial charge in [-0.2, -0.15) is 0 Å². The molecule has 0 aliphatic carbocycles. The Labute approximate surface area is 180 Å². The number of hydrogen-bond donors (Lipinski definition) is 1. The summed E-state index contributed by atoms with van der Waals surface area (Å²) in [7, 11) is 0. The normalized spacial score (nSPS) is 12.2. The summed E-state index contributed by atoms with van der Waals surface area (Å²) in [5, 5.41) is 4.46. The van der Waals surface area contributed by atoms with E-state index in [2.05, 4.69) is 44.0 Å². The van der Waals surface area contributed by atoms with Gasteiger partial charge in [-0.05, 0) is 53.8 Å². The molecule has 1 aromatic carbocycles. The van der Waals surface area contributed by atoms with Crippen LogP contribution in [-0.4, -0.2) is 4.98 Å².